The molecule has 0 unspecified atom stereocenters. The lowest BCUT2D eigenvalue weighted by Gasteiger charge is -2.27. The van der Waals surface area contributed by atoms with E-state index in [2.05, 4.69) is 10.3 Å². The Balaban J connectivity index is 1.85. The van der Waals surface area contributed by atoms with E-state index in [1.807, 2.05) is 12.1 Å². The number of hydrogen-bond donors (Lipinski definition) is 2. The fourth-order valence-electron chi connectivity index (χ4n) is 3.23. The number of aliphatic carboxylic acids is 1. The first-order valence-corrected chi connectivity index (χ1v) is 7.95. The SMILES string of the molecule is O=C1CCC[C@H]([C@@H](NC(=O)c2cccc3cccnc23)C(=O)O)C1. The van der Waals surface area contributed by atoms with Gasteiger partial charge >= 0.3 is 5.97 Å². The van der Waals surface area contributed by atoms with Crippen LogP contribution in [0.15, 0.2) is 36.5 Å². The van der Waals surface area contributed by atoms with Crippen molar-refractivity contribution in [1.29, 1.82) is 0 Å². The topological polar surface area (TPSA) is 96.4 Å². The molecule has 1 saturated carbocycles. The van der Waals surface area contributed by atoms with Crippen molar-refractivity contribution in [2.45, 2.75) is 31.7 Å². The summed E-state index contributed by atoms with van der Waals surface area (Å²) < 4.78 is 0. The smallest absolute Gasteiger partial charge is 0.326 e. The summed E-state index contributed by atoms with van der Waals surface area (Å²) in [5.74, 6) is -1.91. The lowest BCUT2D eigenvalue weighted by Crippen LogP contribution is -2.47. The summed E-state index contributed by atoms with van der Waals surface area (Å²) in [5.41, 5.74) is 0.864. The molecule has 24 heavy (non-hydrogen) atoms. The van der Waals surface area contributed by atoms with Crippen molar-refractivity contribution in [2.24, 2.45) is 5.92 Å². The summed E-state index contributed by atoms with van der Waals surface area (Å²) in [7, 11) is 0. The van der Waals surface area contributed by atoms with E-state index in [-0.39, 0.29) is 18.1 Å². The second kappa shape index (κ2) is 6.78. The van der Waals surface area contributed by atoms with Gasteiger partial charge in [-0.05, 0) is 30.9 Å². The zero-order valence-electron chi connectivity index (χ0n) is 13.1. The summed E-state index contributed by atoms with van der Waals surface area (Å²) in [6.45, 7) is 0. The number of benzene rings is 1. The van der Waals surface area contributed by atoms with E-state index >= 15 is 0 Å². The predicted octanol–water partition coefficient (Wildman–Crippen LogP) is 2.18. The largest absolute Gasteiger partial charge is 0.480 e. The molecule has 2 aromatic rings. The van der Waals surface area contributed by atoms with Crippen LogP contribution in [0.25, 0.3) is 10.9 Å². The van der Waals surface area contributed by atoms with Crippen molar-refractivity contribution in [2.75, 3.05) is 0 Å². The van der Waals surface area contributed by atoms with Gasteiger partial charge in [0, 0.05) is 24.4 Å². The van der Waals surface area contributed by atoms with Crippen LogP contribution in [0.2, 0.25) is 0 Å². The molecule has 6 heteroatoms. The molecule has 1 aromatic carbocycles. The number of Topliss-reactive ketones (excluding diaryl/α,β-unsaturated/α-hetero) is 1. The highest BCUT2D eigenvalue weighted by Crippen LogP contribution is 2.25. The number of fused-ring (bicyclic) bond motifs is 1. The standard InChI is InChI=1S/C18H18N2O4/c21-13-7-1-5-12(10-13)16(18(23)24)20-17(22)14-8-2-4-11-6-3-9-19-15(11)14/h2-4,6,8-9,12,16H,1,5,7,10H2,(H,20,22)(H,23,24)/t12-,16+/m0/s1. The highest BCUT2D eigenvalue weighted by Gasteiger charge is 2.33. The molecule has 1 aromatic heterocycles. The number of pyridine rings is 1. The summed E-state index contributed by atoms with van der Waals surface area (Å²) in [6, 6.07) is 7.74. The second-order valence-corrected chi connectivity index (χ2v) is 6.07. The number of hydrogen-bond acceptors (Lipinski definition) is 4. The van der Waals surface area contributed by atoms with Gasteiger partial charge in [0.05, 0.1) is 11.1 Å². The molecular formula is C18H18N2O4. The van der Waals surface area contributed by atoms with E-state index in [0.29, 0.717) is 30.3 Å². The van der Waals surface area contributed by atoms with Gasteiger partial charge in [-0.25, -0.2) is 4.79 Å². The molecule has 0 bridgehead atoms. The molecule has 1 amide bonds. The summed E-state index contributed by atoms with van der Waals surface area (Å²) >= 11 is 0. The number of nitrogens with zero attached hydrogens (tertiary/aromatic N) is 1. The Hall–Kier alpha value is -2.76. The van der Waals surface area contributed by atoms with Gasteiger partial charge in [-0.15, -0.1) is 0 Å². The number of amides is 1. The highest BCUT2D eigenvalue weighted by molar-refractivity contribution is 6.06. The molecule has 0 aliphatic heterocycles. The number of aromatic nitrogens is 1. The third-order valence-corrected chi connectivity index (χ3v) is 4.42. The molecule has 1 fully saturated rings. The normalized spacial score (nSPS) is 19.0. The van der Waals surface area contributed by atoms with Gasteiger partial charge in [-0.3, -0.25) is 14.6 Å². The van der Waals surface area contributed by atoms with Crippen molar-refractivity contribution in [3.63, 3.8) is 0 Å². The van der Waals surface area contributed by atoms with Crippen LogP contribution in [0.5, 0.6) is 0 Å². The van der Waals surface area contributed by atoms with Gasteiger partial charge in [0.25, 0.3) is 5.91 Å². The minimum atomic E-state index is -1.11. The van der Waals surface area contributed by atoms with Gasteiger partial charge in [0.1, 0.15) is 11.8 Å². The van der Waals surface area contributed by atoms with Crippen molar-refractivity contribution in [3.05, 3.63) is 42.1 Å². The predicted molar refractivity (Wildman–Crippen MR) is 87.6 cm³/mol. The molecular weight excluding hydrogens is 308 g/mol. The van der Waals surface area contributed by atoms with Crippen molar-refractivity contribution in [1.82, 2.24) is 10.3 Å². The first-order valence-electron chi connectivity index (χ1n) is 7.95. The van der Waals surface area contributed by atoms with E-state index < -0.39 is 17.9 Å². The third-order valence-electron chi connectivity index (χ3n) is 4.42. The Morgan fingerprint density at radius 1 is 1.25 bits per heavy atom. The maximum Gasteiger partial charge on any atom is 0.326 e. The lowest BCUT2D eigenvalue weighted by molar-refractivity contribution is -0.141. The molecule has 1 aliphatic carbocycles. The second-order valence-electron chi connectivity index (χ2n) is 6.07. The molecule has 3 rings (SSSR count). The maximum atomic E-state index is 12.6. The lowest BCUT2D eigenvalue weighted by atomic mass is 9.83. The van der Waals surface area contributed by atoms with E-state index in [1.54, 1.807) is 24.4 Å². The first-order chi connectivity index (χ1) is 11.6. The number of nitrogens with one attached hydrogen (secondary N) is 1. The fraction of sp³-hybridized carbons (Fsp3) is 0.333. The zero-order valence-corrected chi connectivity index (χ0v) is 13.1. The van der Waals surface area contributed by atoms with Crippen LogP contribution in [0, 0.1) is 5.92 Å². The minimum absolute atomic E-state index is 0.0542. The van der Waals surface area contributed by atoms with Crippen LogP contribution >= 0.6 is 0 Å². The Morgan fingerprint density at radius 3 is 2.79 bits per heavy atom. The quantitative estimate of drug-likeness (QED) is 0.897. The number of carboxylic acids is 1. The molecule has 2 atom stereocenters. The molecule has 1 aliphatic rings. The van der Waals surface area contributed by atoms with Crippen LogP contribution in [0.4, 0.5) is 0 Å². The number of rotatable bonds is 4. The molecule has 0 radical (unpaired) electrons. The molecule has 124 valence electrons. The van der Waals surface area contributed by atoms with Crippen LogP contribution in [0.3, 0.4) is 0 Å². The van der Waals surface area contributed by atoms with Crippen molar-refractivity contribution >= 4 is 28.6 Å². The van der Waals surface area contributed by atoms with Gasteiger partial charge in [0.15, 0.2) is 0 Å². The summed E-state index contributed by atoms with van der Waals surface area (Å²) in [4.78, 5) is 40.0. The average Bonchev–Trinajstić information content (AvgIpc) is 2.58. The van der Waals surface area contributed by atoms with Gasteiger partial charge in [-0.1, -0.05) is 18.2 Å². The van der Waals surface area contributed by atoms with Crippen LogP contribution in [0.1, 0.15) is 36.0 Å². The Labute approximate surface area is 138 Å². The van der Waals surface area contributed by atoms with Crippen molar-refractivity contribution in [3.8, 4) is 0 Å². The number of carbonyl (C=O) groups excluding carboxylic acids is 2. The van der Waals surface area contributed by atoms with Crippen LogP contribution in [-0.2, 0) is 9.59 Å². The van der Waals surface area contributed by atoms with Gasteiger partial charge < -0.3 is 10.4 Å². The average molecular weight is 326 g/mol. The van der Waals surface area contributed by atoms with Gasteiger partial charge in [0.2, 0.25) is 0 Å². The molecule has 1 heterocycles. The fourth-order valence-corrected chi connectivity index (χ4v) is 3.23. The van der Waals surface area contributed by atoms with E-state index in [9.17, 15) is 19.5 Å². The molecule has 2 N–H and O–H groups in total. The Morgan fingerprint density at radius 2 is 2.04 bits per heavy atom. The minimum Gasteiger partial charge on any atom is -0.480 e. The number of ketones is 1. The Kier molecular flexibility index (Phi) is 4.55. The monoisotopic (exact) mass is 326 g/mol. The van der Waals surface area contributed by atoms with E-state index in [0.717, 1.165) is 5.39 Å². The molecule has 6 nitrogen and oxygen atoms in total. The first kappa shape index (κ1) is 16.1. The van der Waals surface area contributed by atoms with E-state index in [1.165, 1.54) is 0 Å². The molecule has 0 spiro atoms. The summed E-state index contributed by atoms with van der Waals surface area (Å²) in [6.07, 6.45) is 3.57. The number of para-hydroxylation sites is 1. The van der Waals surface area contributed by atoms with Crippen LogP contribution in [-0.4, -0.2) is 33.8 Å². The van der Waals surface area contributed by atoms with E-state index in [4.69, 9.17) is 0 Å². The van der Waals surface area contributed by atoms with Gasteiger partial charge in [-0.2, -0.15) is 0 Å². The van der Waals surface area contributed by atoms with Crippen molar-refractivity contribution < 1.29 is 19.5 Å². The summed E-state index contributed by atoms with van der Waals surface area (Å²) in [5, 5.41) is 12.9. The number of carboxylic acid groups (broad SMARTS) is 1. The third kappa shape index (κ3) is 3.27. The highest BCUT2D eigenvalue weighted by atomic mass is 16.4. The van der Waals surface area contributed by atoms with Crippen LogP contribution < -0.4 is 5.32 Å². The zero-order chi connectivity index (χ0) is 17.1. The Bertz CT molecular complexity index is 797. The number of carbonyl (C=O) groups is 3. The molecule has 0 saturated heterocycles. The maximum absolute atomic E-state index is 12.6.